The van der Waals surface area contributed by atoms with E-state index in [0.717, 1.165) is 5.56 Å². The van der Waals surface area contributed by atoms with Crippen LogP contribution in [0.15, 0.2) is 54.6 Å². The first-order valence-corrected chi connectivity index (χ1v) is 10.3. The quantitative estimate of drug-likeness (QED) is 0.575. The Bertz CT molecular complexity index is 940. The molecular weight excluding hydrogens is 419 g/mol. The van der Waals surface area contributed by atoms with Crippen LogP contribution in [0.2, 0.25) is 5.02 Å². The molecular formula is C24H26ClFN2O3. The van der Waals surface area contributed by atoms with Gasteiger partial charge in [-0.2, -0.15) is 0 Å². The van der Waals surface area contributed by atoms with Crippen molar-refractivity contribution in [1.82, 2.24) is 10.6 Å². The molecule has 0 aliphatic carbocycles. The van der Waals surface area contributed by atoms with Crippen molar-refractivity contribution in [3.05, 3.63) is 76.6 Å². The van der Waals surface area contributed by atoms with E-state index in [1.54, 1.807) is 13.8 Å². The molecule has 7 heteroatoms. The van der Waals surface area contributed by atoms with Crippen molar-refractivity contribution in [2.75, 3.05) is 0 Å². The number of ketones is 1. The Morgan fingerprint density at radius 1 is 1.03 bits per heavy atom. The predicted molar refractivity (Wildman–Crippen MR) is 120 cm³/mol. The number of nitrogens with one attached hydrogen (secondary N) is 2. The van der Waals surface area contributed by atoms with Gasteiger partial charge in [0.05, 0.1) is 11.1 Å². The molecule has 2 aromatic carbocycles. The Balaban J connectivity index is 2.17. The van der Waals surface area contributed by atoms with E-state index in [0.29, 0.717) is 0 Å². The maximum atomic E-state index is 13.9. The van der Waals surface area contributed by atoms with Gasteiger partial charge in [0.2, 0.25) is 11.8 Å². The molecule has 0 heterocycles. The fraction of sp³-hybridized carbons (Fsp3) is 0.292. The van der Waals surface area contributed by atoms with Crippen molar-refractivity contribution in [2.24, 2.45) is 5.92 Å². The second kappa shape index (κ2) is 11.4. The second-order valence-electron chi connectivity index (χ2n) is 7.54. The van der Waals surface area contributed by atoms with Gasteiger partial charge in [-0.05, 0) is 35.8 Å². The largest absolute Gasteiger partial charge is 0.344 e. The van der Waals surface area contributed by atoms with E-state index < -0.39 is 29.6 Å². The molecule has 0 radical (unpaired) electrons. The topological polar surface area (TPSA) is 75.3 Å². The Morgan fingerprint density at radius 2 is 1.71 bits per heavy atom. The van der Waals surface area contributed by atoms with E-state index in [9.17, 15) is 18.8 Å². The lowest BCUT2D eigenvalue weighted by atomic mass is 9.97. The van der Waals surface area contributed by atoms with Gasteiger partial charge in [0, 0.05) is 18.9 Å². The molecule has 0 aliphatic rings. The summed E-state index contributed by atoms with van der Waals surface area (Å²) in [5.74, 6) is -1.99. The molecule has 0 saturated carbocycles. The van der Waals surface area contributed by atoms with Gasteiger partial charge in [-0.25, -0.2) is 4.39 Å². The molecule has 2 amide bonds. The van der Waals surface area contributed by atoms with Crippen molar-refractivity contribution in [3.63, 3.8) is 0 Å². The molecule has 2 rings (SSSR count). The van der Waals surface area contributed by atoms with Gasteiger partial charge in [-0.3, -0.25) is 14.4 Å². The first kappa shape index (κ1) is 24.3. The van der Waals surface area contributed by atoms with Gasteiger partial charge in [0.25, 0.3) is 0 Å². The monoisotopic (exact) mass is 444 g/mol. The van der Waals surface area contributed by atoms with E-state index in [1.807, 2.05) is 30.3 Å². The lowest BCUT2D eigenvalue weighted by molar-refractivity contribution is -0.130. The van der Waals surface area contributed by atoms with E-state index in [1.165, 1.54) is 37.3 Å². The van der Waals surface area contributed by atoms with Crippen LogP contribution in [0.1, 0.15) is 31.9 Å². The van der Waals surface area contributed by atoms with Crippen molar-refractivity contribution >= 4 is 35.3 Å². The summed E-state index contributed by atoms with van der Waals surface area (Å²) in [5, 5.41) is 5.55. The molecule has 2 N–H and O–H groups in total. The molecule has 5 nitrogen and oxygen atoms in total. The number of hydrogen-bond donors (Lipinski definition) is 2. The van der Waals surface area contributed by atoms with Gasteiger partial charge in [-0.1, -0.05) is 61.8 Å². The Kier molecular flexibility index (Phi) is 8.94. The zero-order chi connectivity index (χ0) is 23.0. The normalized spacial score (nSPS) is 13.1. The second-order valence-corrected chi connectivity index (χ2v) is 7.95. The van der Waals surface area contributed by atoms with Crippen LogP contribution in [0.5, 0.6) is 0 Å². The number of halogens is 2. The molecule has 2 aromatic rings. The molecule has 0 saturated heterocycles. The zero-order valence-electron chi connectivity index (χ0n) is 17.7. The third-order valence-corrected chi connectivity index (χ3v) is 4.99. The van der Waals surface area contributed by atoms with Crippen LogP contribution < -0.4 is 10.6 Å². The maximum absolute atomic E-state index is 13.9. The Morgan fingerprint density at radius 3 is 2.29 bits per heavy atom. The Hall–Kier alpha value is -2.99. The maximum Gasteiger partial charge on any atom is 0.243 e. The van der Waals surface area contributed by atoms with Gasteiger partial charge in [-0.15, -0.1) is 0 Å². The summed E-state index contributed by atoms with van der Waals surface area (Å²) in [6, 6.07) is 11.8. The highest BCUT2D eigenvalue weighted by Gasteiger charge is 2.27. The Labute approximate surface area is 186 Å². The smallest absolute Gasteiger partial charge is 0.243 e. The lowest BCUT2D eigenvalue weighted by Crippen LogP contribution is -2.53. The highest BCUT2D eigenvalue weighted by atomic mass is 35.5. The minimum atomic E-state index is -0.846. The summed E-state index contributed by atoms with van der Waals surface area (Å²) in [5.41, 5.74) is 0.976. The minimum absolute atomic E-state index is 0.103. The number of amides is 2. The van der Waals surface area contributed by atoms with Crippen molar-refractivity contribution < 1.29 is 18.8 Å². The summed E-state index contributed by atoms with van der Waals surface area (Å²) in [7, 11) is 0. The van der Waals surface area contributed by atoms with E-state index in [4.69, 9.17) is 11.6 Å². The van der Waals surface area contributed by atoms with Crippen molar-refractivity contribution in [2.45, 2.75) is 39.3 Å². The van der Waals surface area contributed by atoms with E-state index in [2.05, 4.69) is 10.6 Å². The van der Waals surface area contributed by atoms with Gasteiger partial charge >= 0.3 is 0 Å². The average molecular weight is 445 g/mol. The first-order chi connectivity index (χ1) is 14.7. The molecule has 0 aromatic heterocycles. The summed E-state index contributed by atoms with van der Waals surface area (Å²) < 4.78 is 13.9. The van der Waals surface area contributed by atoms with Gasteiger partial charge in [0.1, 0.15) is 11.9 Å². The molecule has 0 unspecified atom stereocenters. The molecule has 2 atom stereocenters. The predicted octanol–water partition coefficient (Wildman–Crippen LogP) is 3.95. The molecule has 0 bridgehead atoms. The number of hydrogen-bond acceptors (Lipinski definition) is 3. The summed E-state index contributed by atoms with van der Waals surface area (Å²) in [6.45, 7) is 4.91. The highest BCUT2D eigenvalue weighted by molar-refractivity contribution is 6.32. The van der Waals surface area contributed by atoms with Crippen LogP contribution in [-0.2, 0) is 20.8 Å². The van der Waals surface area contributed by atoms with Crippen LogP contribution in [0.3, 0.4) is 0 Å². The lowest BCUT2D eigenvalue weighted by Gasteiger charge is -2.24. The summed E-state index contributed by atoms with van der Waals surface area (Å²) >= 11 is 5.99. The molecule has 31 heavy (non-hydrogen) atoms. The van der Waals surface area contributed by atoms with Gasteiger partial charge in [0.15, 0.2) is 5.78 Å². The molecule has 164 valence electrons. The van der Waals surface area contributed by atoms with E-state index >= 15 is 0 Å². The molecule has 0 fully saturated rings. The fourth-order valence-corrected chi connectivity index (χ4v) is 3.29. The van der Waals surface area contributed by atoms with Crippen molar-refractivity contribution in [3.8, 4) is 0 Å². The van der Waals surface area contributed by atoms with Crippen LogP contribution >= 0.6 is 11.6 Å². The summed E-state index contributed by atoms with van der Waals surface area (Å²) in [4.78, 5) is 37.3. The van der Waals surface area contributed by atoms with E-state index in [-0.39, 0.29) is 28.8 Å². The minimum Gasteiger partial charge on any atom is -0.344 e. The average Bonchev–Trinajstić information content (AvgIpc) is 2.71. The van der Waals surface area contributed by atoms with Crippen LogP contribution in [0.25, 0.3) is 6.08 Å². The van der Waals surface area contributed by atoms with Gasteiger partial charge < -0.3 is 10.6 Å². The number of carbonyl (C=O) groups excluding carboxylic acids is 3. The third kappa shape index (κ3) is 7.33. The van der Waals surface area contributed by atoms with Crippen LogP contribution in [-0.4, -0.2) is 29.7 Å². The molecule has 0 aliphatic heterocycles. The number of carbonyl (C=O) groups is 3. The summed E-state index contributed by atoms with van der Waals surface area (Å²) in [6.07, 6.45) is 2.79. The SMILES string of the molecule is CC(=O)N[C@@H](Cc1ccccc1)C(=O)N[C@H](C(=O)/C=C/c1c(F)cccc1Cl)C(C)C. The zero-order valence-corrected chi connectivity index (χ0v) is 18.4. The van der Waals surface area contributed by atoms with Crippen LogP contribution in [0, 0.1) is 11.7 Å². The fourth-order valence-electron chi connectivity index (χ4n) is 3.06. The third-order valence-electron chi connectivity index (χ3n) is 4.66. The van der Waals surface area contributed by atoms with Crippen LogP contribution in [0.4, 0.5) is 4.39 Å². The first-order valence-electron chi connectivity index (χ1n) is 9.96. The van der Waals surface area contributed by atoms with Crippen molar-refractivity contribution in [1.29, 1.82) is 0 Å². The standard InChI is InChI=1S/C24H26ClFN2O3/c1-15(2)23(22(30)13-12-18-19(25)10-7-11-20(18)26)28-24(31)21(27-16(3)29)14-17-8-5-4-6-9-17/h4-13,15,21,23H,14H2,1-3H3,(H,27,29)(H,28,31)/b13-12+/t21-,23-/m0/s1. The molecule has 0 spiro atoms. The highest BCUT2D eigenvalue weighted by Crippen LogP contribution is 2.20. The number of rotatable bonds is 9. The number of benzene rings is 2.